The summed E-state index contributed by atoms with van der Waals surface area (Å²) in [5, 5.41) is 0. The molecule has 1 atom stereocenters. The summed E-state index contributed by atoms with van der Waals surface area (Å²) in [6.07, 6.45) is 1.82. The number of benzene rings is 2. The Labute approximate surface area is 194 Å². The number of aryl methyl sites for hydroxylation is 1. The van der Waals surface area contributed by atoms with Gasteiger partial charge in [0.25, 0.3) is 5.91 Å². The first-order chi connectivity index (χ1) is 15.8. The lowest BCUT2D eigenvalue weighted by molar-refractivity contribution is -0.136. The Morgan fingerprint density at radius 1 is 0.970 bits per heavy atom. The van der Waals surface area contributed by atoms with Gasteiger partial charge < -0.3 is 14.2 Å². The van der Waals surface area contributed by atoms with Crippen molar-refractivity contribution in [2.45, 2.75) is 33.7 Å². The highest BCUT2D eigenvalue weighted by molar-refractivity contribution is 6.16. The van der Waals surface area contributed by atoms with Crippen LogP contribution in [0.2, 0.25) is 0 Å². The zero-order chi connectivity index (χ0) is 23.7. The van der Waals surface area contributed by atoms with Crippen molar-refractivity contribution in [3.8, 4) is 5.69 Å². The predicted octanol–water partition coefficient (Wildman–Crippen LogP) is 5.53. The first kappa shape index (κ1) is 22.3. The number of methoxy groups -OCH3 is 1. The lowest BCUT2D eigenvalue weighted by Gasteiger charge is -2.26. The topological polar surface area (TPSA) is 51.5 Å². The maximum absolute atomic E-state index is 13.6. The maximum Gasteiger partial charge on any atom is 0.340 e. The van der Waals surface area contributed by atoms with E-state index >= 15 is 0 Å². The Kier molecular flexibility index (Phi) is 6.05. The van der Waals surface area contributed by atoms with E-state index in [0.29, 0.717) is 16.8 Å². The second-order valence-electron chi connectivity index (χ2n) is 8.27. The van der Waals surface area contributed by atoms with Gasteiger partial charge in [-0.3, -0.25) is 4.79 Å². The van der Waals surface area contributed by atoms with Gasteiger partial charge in [0, 0.05) is 22.8 Å². The molecule has 33 heavy (non-hydrogen) atoms. The van der Waals surface area contributed by atoms with Gasteiger partial charge in [-0.1, -0.05) is 48.5 Å². The average Bonchev–Trinajstić information content (AvgIpc) is 3.25. The summed E-state index contributed by atoms with van der Waals surface area (Å²) in [6, 6.07) is 21.7. The van der Waals surface area contributed by atoms with Crippen LogP contribution in [-0.4, -0.2) is 28.5 Å². The number of allylic oxidation sites excluding steroid dienone is 1. The first-order valence-corrected chi connectivity index (χ1v) is 11.0. The minimum absolute atomic E-state index is 0.200. The molecule has 2 heterocycles. The zero-order valence-corrected chi connectivity index (χ0v) is 19.6. The van der Waals surface area contributed by atoms with Crippen LogP contribution in [0.25, 0.3) is 11.8 Å². The summed E-state index contributed by atoms with van der Waals surface area (Å²) in [5.41, 5.74) is 6.26. The van der Waals surface area contributed by atoms with Crippen molar-refractivity contribution < 1.29 is 14.3 Å². The molecule has 5 nitrogen and oxygen atoms in total. The largest absolute Gasteiger partial charge is 0.465 e. The molecular weight excluding hydrogens is 412 g/mol. The average molecular weight is 441 g/mol. The van der Waals surface area contributed by atoms with E-state index in [1.165, 1.54) is 7.11 Å². The Morgan fingerprint density at radius 3 is 2.18 bits per heavy atom. The molecule has 0 fully saturated rings. The molecule has 1 aliphatic rings. The van der Waals surface area contributed by atoms with Gasteiger partial charge in [-0.2, -0.15) is 0 Å². The van der Waals surface area contributed by atoms with Gasteiger partial charge in [0.05, 0.1) is 24.3 Å². The predicted molar refractivity (Wildman–Crippen MR) is 130 cm³/mol. The highest BCUT2D eigenvalue weighted by atomic mass is 16.5. The molecule has 4 rings (SSSR count). The molecule has 0 saturated carbocycles. The third-order valence-electron chi connectivity index (χ3n) is 6.29. The van der Waals surface area contributed by atoms with Crippen molar-refractivity contribution in [3.63, 3.8) is 0 Å². The Hall–Kier alpha value is -3.86. The zero-order valence-electron chi connectivity index (χ0n) is 19.6. The highest BCUT2D eigenvalue weighted by Gasteiger charge is 2.39. The molecule has 1 aliphatic heterocycles. The van der Waals surface area contributed by atoms with Crippen LogP contribution in [0.5, 0.6) is 0 Å². The van der Waals surface area contributed by atoms with Crippen LogP contribution in [0, 0.1) is 13.8 Å². The minimum atomic E-state index is -0.508. The normalized spacial score (nSPS) is 16.0. The molecule has 2 aromatic carbocycles. The van der Waals surface area contributed by atoms with Crippen molar-refractivity contribution in [1.29, 1.82) is 0 Å². The molecule has 5 heteroatoms. The summed E-state index contributed by atoms with van der Waals surface area (Å²) in [7, 11) is 1.34. The molecule has 3 aromatic rings. The van der Waals surface area contributed by atoms with E-state index in [9.17, 15) is 9.59 Å². The number of ether oxygens (including phenoxy) is 1. The molecule has 0 aliphatic carbocycles. The number of esters is 1. The number of hydrogen-bond donors (Lipinski definition) is 0. The van der Waals surface area contributed by atoms with Crippen molar-refractivity contribution >= 4 is 18.0 Å². The quantitative estimate of drug-likeness (QED) is 0.387. The molecule has 168 valence electrons. The van der Waals surface area contributed by atoms with Crippen LogP contribution in [0.15, 0.2) is 83.6 Å². The third-order valence-corrected chi connectivity index (χ3v) is 6.29. The SMILES string of the molecule is COC(=O)C1=C(C)N([C@@H](C)c2ccccc2)C(=O)/C1=C/c1cc(C)n(-c2ccccc2)c1C. The number of hydrogen-bond acceptors (Lipinski definition) is 3. The number of aromatic nitrogens is 1. The molecular formula is C28H28N2O3. The van der Waals surface area contributed by atoms with Crippen molar-refractivity contribution in [3.05, 3.63) is 106 Å². The summed E-state index contributed by atoms with van der Waals surface area (Å²) in [6.45, 7) is 7.82. The third kappa shape index (κ3) is 3.91. The van der Waals surface area contributed by atoms with Gasteiger partial charge >= 0.3 is 5.97 Å². The first-order valence-electron chi connectivity index (χ1n) is 11.0. The second-order valence-corrected chi connectivity index (χ2v) is 8.27. The summed E-state index contributed by atoms with van der Waals surface area (Å²) < 4.78 is 7.20. The fourth-order valence-corrected chi connectivity index (χ4v) is 4.61. The van der Waals surface area contributed by atoms with Gasteiger partial charge in [0.2, 0.25) is 0 Å². The van der Waals surface area contributed by atoms with Gasteiger partial charge in [0.1, 0.15) is 0 Å². The fourth-order valence-electron chi connectivity index (χ4n) is 4.61. The summed E-state index contributed by atoms with van der Waals surface area (Å²) in [4.78, 5) is 28.1. The lowest BCUT2D eigenvalue weighted by atomic mass is 10.0. The highest BCUT2D eigenvalue weighted by Crippen LogP contribution is 2.38. The monoisotopic (exact) mass is 440 g/mol. The smallest absolute Gasteiger partial charge is 0.340 e. The summed E-state index contributed by atoms with van der Waals surface area (Å²) in [5.74, 6) is -0.708. The summed E-state index contributed by atoms with van der Waals surface area (Å²) >= 11 is 0. The van der Waals surface area contributed by atoms with Gasteiger partial charge in [0.15, 0.2) is 0 Å². The van der Waals surface area contributed by atoms with Crippen LogP contribution in [0.1, 0.15) is 42.4 Å². The molecule has 0 saturated heterocycles. The van der Waals surface area contributed by atoms with Crippen LogP contribution in [-0.2, 0) is 14.3 Å². The fraction of sp³-hybridized carbons (Fsp3) is 0.214. The van der Waals surface area contributed by atoms with E-state index in [0.717, 1.165) is 28.2 Å². The van der Waals surface area contributed by atoms with E-state index in [2.05, 4.69) is 4.57 Å². The number of carbonyl (C=O) groups is 2. The Balaban J connectivity index is 1.82. The van der Waals surface area contributed by atoms with Crippen molar-refractivity contribution in [1.82, 2.24) is 9.47 Å². The number of carbonyl (C=O) groups excluding carboxylic acids is 2. The van der Waals surface area contributed by atoms with Gasteiger partial charge in [-0.15, -0.1) is 0 Å². The number of amides is 1. The number of nitrogens with zero attached hydrogens (tertiary/aromatic N) is 2. The van der Waals surface area contributed by atoms with Crippen LogP contribution in [0.3, 0.4) is 0 Å². The molecule has 1 aromatic heterocycles. The Morgan fingerprint density at radius 2 is 1.58 bits per heavy atom. The molecule has 0 N–H and O–H groups in total. The van der Waals surface area contributed by atoms with E-state index in [4.69, 9.17) is 4.74 Å². The van der Waals surface area contributed by atoms with Crippen LogP contribution >= 0.6 is 0 Å². The van der Waals surface area contributed by atoms with Crippen molar-refractivity contribution in [2.75, 3.05) is 7.11 Å². The van der Waals surface area contributed by atoms with E-state index in [1.807, 2.05) is 93.6 Å². The molecule has 0 unspecified atom stereocenters. The van der Waals surface area contributed by atoms with Crippen molar-refractivity contribution in [2.24, 2.45) is 0 Å². The number of para-hydroxylation sites is 1. The molecule has 0 bridgehead atoms. The standard InChI is InChI=1S/C28H28N2O3/c1-18-16-23(20(3)29(18)24-14-10-7-11-15-24)17-25-26(28(32)33-5)21(4)30(27(25)31)19(2)22-12-8-6-9-13-22/h6-17,19H,1-5H3/b25-17+/t19-/m0/s1. The maximum atomic E-state index is 13.6. The van der Waals surface area contributed by atoms with Gasteiger partial charge in [-0.05, 0) is 63.1 Å². The molecule has 0 spiro atoms. The second kappa shape index (κ2) is 8.94. The molecule has 1 amide bonds. The number of rotatable bonds is 5. The van der Waals surface area contributed by atoms with Crippen LogP contribution in [0.4, 0.5) is 0 Å². The lowest BCUT2D eigenvalue weighted by Crippen LogP contribution is -2.28. The molecule has 0 radical (unpaired) electrons. The van der Waals surface area contributed by atoms with Crippen LogP contribution < -0.4 is 0 Å². The minimum Gasteiger partial charge on any atom is -0.465 e. The van der Waals surface area contributed by atoms with E-state index in [1.54, 1.807) is 11.8 Å². The van der Waals surface area contributed by atoms with Gasteiger partial charge in [-0.25, -0.2) is 4.79 Å². The van der Waals surface area contributed by atoms with E-state index < -0.39 is 5.97 Å². The Bertz CT molecular complexity index is 1270. The van der Waals surface area contributed by atoms with E-state index in [-0.39, 0.29) is 11.9 Å².